The van der Waals surface area contributed by atoms with Crippen LogP contribution in [-0.4, -0.2) is 10.9 Å². The summed E-state index contributed by atoms with van der Waals surface area (Å²) in [5.74, 6) is 1.19. The predicted molar refractivity (Wildman–Crippen MR) is 137 cm³/mol. The van der Waals surface area contributed by atoms with E-state index in [9.17, 15) is 4.79 Å². The summed E-state index contributed by atoms with van der Waals surface area (Å²) in [5, 5.41) is 2.97. The van der Waals surface area contributed by atoms with Gasteiger partial charge in [0.1, 0.15) is 17.9 Å². The minimum atomic E-state index is -0.131. The van der Waals surface area contributed by atoms with Crippen molar-refractivity contribution >= 4 is 17.0 Å². The van der Waals surface area contributed by atoms with Crippen LogP contribution in [0.3, 0.4) is 0 Å². The lowest BCUT2D eigenvalue weighted by Crippen LogP contribution is -2.22. The summed E-state index contributed by atoms with van der Waals surface area (Å²) >= 11 is 0. The normalized spacial score (nSPS) is 10.9. The number of nitrogens with one attached hydrogen (secondary N) is 1. The molecule has 4 aromatic carbocycles. The number of carbonyl (C=O) groups excluding carboxylic acids is 1. The maximum absolute atomic E-state index is 12.6. The summed E-state index contributed by atoms with van der Waals surface area (Å²) in [7, 11) is 0. The predicted octanol–water partition coefficient (Wildman–Crippen LogP) is 6.62. The third-order valence-corrected chi connectivity index (χ3v) is 6.02. The van der Waals surface area contributed by atoms with E-state index >= 15 is 0 Å². The molecule has 0 atom stereocenters. The van der Waals surface area contributed by atoms with Crippen molar-refractivity contribution in [3.05, 3.63) is 119 Å². The van der Waals surface area contributed by atoms with Crippen LogP contribution in [0.25, 0.3) is 22.6 Å². The standard InChI is InChI=1S/C30H26N2O3/c1-20-16-27-28(17-21(20)2)35-30(32-27)25-10-8-22(9-11-25)18-31-29(33)24-12-14-26(15-13-24)34-19-23-6-4-3-5-7-23/h3-17H,18-19H2,1-2H3,(H,31,33). The molecule has 1 amide bonds. The summed E-state index contributed by atoms with van der Waals surface area (Å²) in [6.07, 6.45) is 0. The Morgan fingerprint density at radius 2 is 1.57 bits per heavy atom. The highest BCUT2D eigenvalue weighted by atomic mass is 16.5. The van der Waals surface area contributed by atoms with Gasteiger partial charge in [-0.15, -0.1) is 0 Å². The number of hydrogen-bond acceptors (Lipinski definition) is 4. The van der Waals surface area contributed by atoms with E-state index in [1.54, 1.807) is 12.1 Å². The fourth-order valence-electron chi connectivity index (χ4n) is 3.80. The molecule has 0 aliphatic carbocycles. The molecule has 0 aliphatic heterocycles. The van der Waals surface area contributed by atoms with Crippen LogP contribution in [0.1, 0.15) is 32.6 Å². The van der Waals surface area contributed by atoms with Gasteiger partial charge in [0, 0.05) is 17.7 Å². The van der Waals surface area contributed by atoms with Crippen molar-refractivity contribution in [1.82, 2.24) is 10.3 Å². The number of fused-ring (bicyclic) bond motifs is 1. The molecule has 5 heteroatoms. The van der Waals surface area contributed by atoms with Gasteiger partial charge in [-0.05, 0) is 84.6 Å². The SMILES string of the molecule is Cc1cc2nc(-c3ccc(CNC(=O)c4ccc(OCc5ccccc5)cc4)cc3)oc2cc1C. The second kappa shape index (κ2) is 9.85. The number of amides is 1. The van der Waals surface area contributed by atoms with Gasteiger partial charge in [0.2, 0.25) is 5.89 Å². The molecule has 0 fully saturated rings. The largest absolute Gasteiger partial charge is 0.489 e. The van der Waals surface area contributed by atoms with Crippen LogP contribution in [-0.2, 0) is 13.2 Å². The molecule has 0 saturated carbocycles. The van der Waals surface area contributed by atoms with Crippen molar-refractivity contribution in [3.8, 4) is 17.2 Å². The molecule has 1 heterocycles. The van der Waals surface area contributed by atoms with Crippen LogP contribution in [0.15, 0.2) is 95.4 Å². The maximum Gasteiger partial charge on any atom is 0.251 e. The molecule has 0 radical (unpaired) electrons. The Morgan fingerprint density at radius 1 is 0.857 bits per heavy atom. The van der Waals surface area contributed by atoms with Crippen LogP contribution in [0.2, 0.25) is 0 Å². The number of rotatable bonds is 7. The highest BCUT2D eigenvalue weighted by molar-refractivity contribution is 5.94. The second-order valence-electron chi connectivity index (χ2n) is 8.60. The summed E-state index contributed by atoms with van der Waals surface area (Å²) in [6.45, 7) is 5.05. The fraction of sp³-hybridized carbons (Fsp3) is 0.133. The first kappa shape index (κ1) is 22.4. The Kier molecular flexibility index (Phi) is 6.31. The number of oxazole rings is 1. The lowest BCUT2D eigenvalue weighted by atomic mass is 10.1. The first-order valence-electron chi connectivity index (χ1n) is 11.6. The number of nitrogens with zero attached hydrogens (tertiary/aromatic N) is 1. The number of carbonyl (C=O) groups is 1. The number of ether oxygens (including phenoxy) is 1. The number of aromatic nitrogens is 1. The van der Waals surface area contributed by atoms with E-state index in [1.165, 1.54) is 11.1 Å². The minimum Gasteiger partial charge on any atom is -0.489 e. The lowest BCUT2D eigenvalue weighted by Gasteiger charge is -2.08. The van der Waals surface area contributed by atoms with Gasteiger partial charge in [-0.25, -0.2) is 4.98 Å². The highest BCUT2D eigenvalue weighted by Gasteiger charge is 2.10. The van der Waals surface area contributed by atoms with E-state index in [2.05, 4.69) is 24.1 Å². The van der Waals surface area contributed by atoms with Crippen molar-refractivity contribution in [3.63, 3.8) is 0 Å². The average molecular weight is 463 g/mol. The summed E-state index contributed by atoms with van der Waals surface area (Å²) in [5.41, 5.74) is 7.60. The topological polar surface area (TPSA) is 64.4 Å². The third kappa shape index (κ3) is 5.25. The molecule has 0 unspecified atom stereocenters. The molecule has 0 aliphatic rings. The Hall–Kier alpha value is -4.38. The van der Waals surface area contributed by atoms with E-state index in [0.29, 0.717) is 24.6 Å². The molecule has 35 heavy (non-hydrogen) atoms. The molecule has 5 aromatic rings. The highest BCUT2D eigenvalue weighted by Crippen LogP contribution is 2.26. The van der Waals surface area contributed by atoms with Gasteiger partial charge in [0.25, 0.3) is 5.91 Å². The zero-order chi connectivity index (χ0) is 24.2. The van der Waals surface area contributed by atoms with Crippen LogP contribution in [0.4, 0.5) is 0 Å². The van der Waals surface area contributed by atoms with Gasteiger partial charge in [-0.1, -0.05) is 42.5 Å². The molecule has 174 valence electrons. The van der Waals surface area contributed by atoms with Crippen molar-refractivity contribution < 1.29 is 13.9 Å². The number of hydrogen-bond donors (Lipinski definition) is 1. The van der Waals surface area contributed by atoms with Gasteiger partial charge in [0.15, 0.2) is 5.58 Å². The second-order valence-corrected chi connectivity index (χ2v) is 8.60. The molecular formula is C30H26N2O3. The average Bonchev–Trinajstić information content (AvgIpc) is 3.30. The van der Waals surface area contributed by atoms with Crippen LogP contribution in [0.5, 0.6) is 5.75 Å². The van der Waals surface area contributed by atoms with Gasteiger partial charge < -0.3 is 14.5 Å². The van der Waals surface area contributed by atoms with Gasteiger partial charge in [-0.2, -0.15) is 0 Å². The Balaban J connectivity index is 1.17. The molecule has 0 bridgehead atoms. The van der Waals surface area contributed by atoms with Crippen molar-refractivity contribution in [2.24, 2.45) is 0 Å². The van der Waals surface area contributed by atoms with Gasteiger partial charge in [0.05, 0.1) is 0 Å². The first-order valence-corrected chi connectivity index (χ1v) is 11.6. The van der Waals surface area contributed by atoms with E-state index in [0.717, 1.165) is 33.5 Å². The van der Waals surface area contributed by atoms with E-state index in [1.807, 2.05) is 78.9 Å². The molecule has 1 N–H and O–H groups in total. The molecule has 0 saturated heterocycles. The van der Waals surface area contributed by atoms with E-state index < -0.39 is 0 Å². The lowest BCUT2D eigenvalue weighted by molar-refractivity contribution is 0.0951. The van der Waals surface area contributed by atoms with E-state index in [4.69, 9.17) is 9.15 Å². The molecule has 5 rings (SSSR count). The summed E-state index contributed by atoms with van der Waals surface area (Å²) < 4.78 is 11.7. The molecule has 0 spiro atoms. The molecule has 5 nitrogen and oxygen atoms in total. The Bertz CT molecular complexity index is 1420. The molecular weight excluding hydrogens is 436 g/mol. The van der Waals surface area contributed by atoms with Gasteiger partial charge >= 0.3 is 0 Å². The van der Waals surface area contributed by atoms with Crippen molar-refractivity contribution in [2.45, 2.75) is 27.0 Å². The zero-order valence-corrected chi connectivity index (χ0v) is 19.7. The van der Waals surface area contributed by atoms with Crippen molar-refractivity contribution in [1.29, 1.82) is 0 Å². The van der Waals surface area contributed by atoms with Crippen molar-refractivity contribution in [2.75, 3.05) is 0 Å². The number of benzene rings is 4. The Morgan fingerprint density at radius 3 is 2.31 bits per heavy atom. The van der Waals surface area contributed by atoms with Crippen LogP contribution >= 0.6 is 0 Å². The minimum absolute atomic E-state index is 0.131. The van der Waals surface area contributed by atoms with Gasteiger partial charge in [-0.3, -0.25) is 4.79 Å². The first-order chi connectivity index (χ1) is 17.0. The van der Waals surface area contributed by atoms with Crippen LogP contribution < -0.4 is 10.1 Å². The summed E-state index contributed by atoms with van der Waals surface area (Å²) in [6, 6.07) is 29.1. The fourth-order valence-corrected chi connectivity index (χ4v) is 3.80. The third-order valence-electron chi connectivity index (χ3n) is 6.02. The monoisotopic (exact) mass is 462 g/mol. The Labute approximate surface area is 204 Å². The number of aryl methyl sites for hydroxylation is 2. The quantitative estimate of drug-likeness (QED) is 0.295. The zero-order valence-electron chi connectivity index (χ0n) is 19.7. The van der Waals surface area contributed by atoms with Crippen LogP contribution in [0, 0.1) is 13.8 Å². The molecule has 1 aromatic heterocycles. The maximum atomic E-state index is 12.6. The summed E-state index contributed by atoms with van der Waals surface area (Å²) in [4.78, 5) is 17.2. The smallest absolute Gasteiger partial charge is 0.251 e. The van der Waals surface area contributed by atoms with E-state index in [-0.39, 0.29) is 5.91 Å².